The van der Waals surface area contributed by atoms with Crippen molar-refractivity contribution >= 4 is 21.4 Å². The zero-order valence-corrected chi connectivity index (χ0v) is 13.4. The van der Waals surface area contributed by atoms with Gasteiger partial charge in [-0.3, -0.25) is 0 Å². The summed E-state index contributed by atoms with van der Waals surface area (Å²) in [7, 11) is -1.62. The van der Waals surface area contributed by atoms with E-state index >= 15 is 0 Å². The summed E-state index contributed by atoms with van der Waals surface area (Å²) in [6, 6.07) is 4.77. The van der Waals surface area contributed by atoms with Crippen molar-refractivity contribution < 1.29 is 8.42 Å². The van der Waals surface area contributed by atoms with E-state index < -0.39 is 10.0 Å². The molecule has 0 saturated carbocycles. The third-order valence-corrected chi connectivity index (χ3v) is 5.21. The fourth-order valence-electron chi connectivity index (χ4n) is 2.57. The quantitative estimate of drug-likeness (QED) is 0.722. The Morgan fingerprint density at radius 2 is 1.95 bits per heavy atom. The van der Waals surface area contributed by atoms with E-state index in [4.69, 9.17) is 10.9 Å². The molecule has 0 aliphatic carbocycles. The van der Waals surface area contributed by atoms with E-state index in [1.807, 2.05) is 0 Å². The zero-order chi connectivity index (χ0) is 15.7. The first-order chi connectivity index (χ1) is 9.70. The zero-order valence-electron chi connectivity index (χ0n) is 12.6. The number of piperidine rings is 1. The topological polar surface area (TPSA) is 101 Å². The van der Waals surface area contributed by atoms with Crippen molar-refractivity contribution in [1.29, 1.82) is 0 Å². The minimum atomic E-state index is -3.76. The molecule has 0 unspecified atom stereocenters. The van der Waals surface area contributed by atoms with Crippen LogP contribution in [0.4, 0.5) is 11.4 Å². The van der Waals surface area contributed by atoms with Gasteiger partial charge in [0.1, 0.15) is 4.90 Å². The molecule has 7 heteroatoms. The molecule has 1 aromatic carbocycles. The summed E-state index contributed by atoms with van der Waals surface area (Å²) in [5.74, 6) is 0. The van der Waals surface area contributed by atoms with Crippen molar-refractivity contribution in [2.75, 3.05) is 37.7 Å². The van der Waals surface area contributed by atoms with Crippen LogP contribution in [-0.4, -0.2) is 40.0 Å². The van der Waals surface area contributed by atoms with Gasteiger partial charge in [0.05, 0.1) is 5.69 Å². The summed E-state index contributed by atoms with van der Waals surface area (Å²) in [5, 5.41) is 8.45. The highest BCUT2D eigenvalue weighted by molar-refractivity contribution is 7.89. The Morgan fingerprint density at radius 1 is 1.33 bits per heavy atom. The Morgan fingerprint density at radius 3 is 2.48 bits per heavy atom. The molecule has 5 N–H and O–H groups in total. The number of primary sulfonamides is 1. The van der Waals surface area contributed by atoms with E-state index in [2.05, 4.69) is 24.2 Å². The molecular weight excluding hydrogens is 288 g/mol. The molecule has 1 heterocycles. The predicted molar refractivity (Wildman–Crippen MR) is 85.6 cm³/mol. The van der Waals surface area contributed by atoms with Gasteiger partial charge >= 0.3 is 0 Å². The predicted octanol–water partition coefficient (Wildman–Crippen LogP) is 1.06. The smallest absolute Gasteiger partial charge is 0.240 e. The number of rotatable bonds is 4. The summed E-state index contributed by atoms with van der Waals surface area (Å²) in [4.78, 5) is 2.30. The van der Waals surface area contributed by atoms with Crippen LogP contribution in [0.15, 0.2) is 23.1 Å². The van der Waals surface area contributed by atoms with E-state index in [1.165, 1.54) is 6.07 Å². The number of likely N-dealkylation sites (tertiary alicyclic amines) is 1. The van der Waals surface area contributed by atoms with E-state index in [0.29, 0.717) is 0 Å². The van der Waals surface area contributed by atoms with Crippen molar-refractivity contribution in [2.24, 2.45) is 10.6 Å². The summed E-state index contributed by atoms with van der Waals surface area (Å²) in [6.45, 7) is 5.32. The van der Waals surface area contributed by atoms with Crippen LogP contribution in [0.2, 0.25) is 0 Å². The van der Waals surface area contributed by atoms with Crippen molar-refractivity contribution in [1.82, 2.24) is 4.90 Å². The van der Waals surface area contributed by atoms with Gasteiger partial charge in [0.15, 0.2) is 0 Å². The number of anilines is 2. The van der Waals surface area contributed by atoms with Crippen molar-refractivity contribution in [3.63, 3.8) is 0 Å². The SMILES string of the molecule is CN1CCC(C)(CNc2ccc(S(N)(=O)=O)c(N)c2)CC1. The minimum absolute atomic E-state index is 0.0291. The third kappa shape index (κ3) is 4.09. The lowest BCUT2D eigenvalue weighted by atomic mass is 9.80. The molecule has 6 nitrogen and oxygen atoms in total. The second-order valence-electron chi connectivity index (χ2n) is 6.27. The summed E-state index contributed by atoms with van der Waals surface area (Å²) in [5.41, 5.74) is 7.01. The second-order valence-corrected chi connectivity index (χ2v) is 7.79. The van der Waals surface area contributed by atoms with Gasteiger partial charge in [-0.25, -0.2) is 13.6 Å². The molecule has 0 aromatic heterocycles. The van der Waals surface area contributed by atoms with Gasteiger partial charge in [0.25, 0.3) is 0 Å². The van der Waals surface area contributed by atoms with E-state index in [0.717, 1.165) is 38.2 Å². The van der Waals surface area contributed by atoms with Gasteiger partial charge in [-0.05, 0) is 56.6 Å². The maximum atomic E-state index is 11.3. The Kier molecular flexibility index (Phi) is 4.46. The first kappa shape index (κ1) is 16.1. The average molecular weight is 312 g/mol. The molecule has 1 saturated heterocycles. The molecule has 0 atom stereocenters. The van der Waals surface area contributed by atoms with Crippen molar-refractivity contribution in [2.45, 2.75) is 24.7 Å². The molecule has 1 fully saturated rings. The van der Waals surface area contributed by atoms with Gasteiger partial charge in [-0.2, -0.15) is 0 Å². The lowest BCUT2D eigenvalue weighted by Gasteiger charge is -2.38. The summed E-state index contributed by atoms with van der Waals surface area (Å²) < 4.78 is 22.6. The normalized spacial score (nSPS) is 19.4. The fourth-order valence-corrected chi connectivity index (χ4v) is 3.21. The molecule has 1 aromatic rings. The van der Waals surface area contributed by atoms with E-state index in [-0.39, 0.29) is 16.0 Å². The molecule has 1 aliphatic rings. The summed E-state index contributed by atoms with van der Waals surface area (Å²) >= 11 is 0. The number of hydrogen-bond acceptors (Lipinski definition) is 5. The Hall–Kier alpha value is -1.31. The molecule has 0 bridgehead atoms. The largest absolute Gasteiger partial charge is 0.398 e. The number of sulfonamides is 1. The first-order valence-electron chi connectivity index (χ1n) is 7.04. The van der Waals surface area contributed by atoms with Crippen LogP contribution in [0.25, 0.3) is 0 Å². The number of nitrogens with one attached hydrogen (secondary N) is 1. The molecule has 0 radical (unpaired) electrons. The van der Waals surface area contributed by atoms with Crippen LogP contribution in [0.3, 0.4) is 0 Å². The number of nitrogen functional groups attached to an aromatic ring is 1. The molecule has 1 aliphatic heterocycles. The lowest BCUT2D eigenvalue weighted by molar-refractivity contribution is 0.150. The molecule has 0 spiro atoms. The van der Waals surface area contributed by atoms with Gasteiger partial charge in [-0.15, -0.1) is 0 Å². The molecule has 118 valence electrons. The highest BCUT2D eigenvalue weighted by Crippen LogP contribution is 2.31. The van der Waals surface area contributed by atoms with Crippen LogP contribution in [0.1, 0.15) is 19.8 Å². The average Bonchev–Trinajstić information content (AvgIpc) is 2.39. The standard InChI is InChI=1S/C14H24N4O2S/c1-14(5-7-18(2)8-6-14)10-17-11-3-4-13(12(15)9-11)21(16,19)20/h3-4,9,17H,5-8,10,15H2,1-2H3,(H2,16,19,20). The Bertz CT molecular complexity index is 607. The monoisotopic (exact) mass is 312 g/mol. The molecule has 2 rings (SSSR count). The van der Waals surface area contributed by atoms with Crippen molar-refractivity contribution in [3.05, 3.63) is 18.2 Å². The van der Waals surface area contributed by atoms with E-state index in [1.54, 1.807) is 12.1 Å². The van der Waals surface area contributed by atoms with Gasteiger partial charge in [0, 0.05) is 12.2 Å². The molecule has 0 amide bonds. The van der Waals surface area contributed by atoms with Crippen LogP contribution in [0, 0.1) is 5.41 Å². The number of nitrogens with two attached hydrogens (primary N) is 2. The number of nitrogens with zero attached hydrogens (tertiary/aromatic N) is 1. The van der Waals surface area contributed by atoms with Gasteiger partial charge in [0.2, 0.25) is 10.0 Å². The molecule has 21 heavy (non-hydrogen) atoms. The third-order valence-electron chi connectivity index (χ3n) is 4.23. The second kappa shape index (κ2) is 5.82. The van der Waals surface area contributed by atoms with Crippen LogP contribution in [-0.2, 0) is 10.0 Å². The number of benzene rings is 1. The van der Waals surface area contributed by atoms with E-state index in [9.17, 15) is 8.42 Å². The summed E-state index contributed by atoms with van der Waals surface area (Å²) in [6.07, 6.45) is 2.28. The van der Waals surface area contributed by atoms with Crippen LogP contribution < -0.4 is 16.2 Å². The highest BCUT2D eigenvalue weighted by atomic mass is 32.2. The maximum absolute atomic E-state index is 11.3. The highest BCUT2D eigenvalue weighted by Gasteiger charge is 2.28. The van der Waals surface area contributed by atoms with Gasteiger partial charge < -0.3 is 16.0 Å². The fraction of sp³-hybridized carbons (Fsp3) is 0.571. The minimum Gasteiger partial charge on any atom is -0.398 e. The van der Waals surface area contributed by atoms with Gasteiger partial charge in [-0.1, -0.05) is 6.92 Å². The Labute approximate surface area is 126 Å². The maximum Gasteiger partial charge on any atom is 0.240 e. The molecular formula is C14H24N4O2S. The van der Waals surface area contributed by atoms with Crippen LogP contribution >= 0.6 is 0 Å². The van der Waals surface area contributed by atoms with Crippen molar-refractivity contribution in [3.8, 4) is 0 Å². The lowest BCUT2D eigenvalue weighted by Crippen LogP contribution is -2.40. The first-order valence-corrected chi connectivity index (χ1v) is 8.59. The number of hydrogen-bond donors (Lipinski definition) is 3. The van der Waals surface area contributed by atoms with Crippen LogP contribution in [0.5, 0.6) is 0 Å². The Balaban J connectivity index is 2.03.